The monoisotopic (exact) mass is 300 g/mol. The Morgan fingerprint density at radius 3 is 2.60 bits per heavy atom. The Bertz CT molecular complexity index is 481. The molecular weight excluding hydrogens is 284 g/mol. The number of hydrogen-bond acceptors (Lipinski definition) is 6. The van der Waals surface area contributed by atoms with Crippen molar-refractivity contribution in [1.82, 2.24) is 5.17 Å². The lowest BCUT2D eigenvalue weighted by Crippen LogP contribution is -2.39. The lowest BCUT2D eigenvalue weighted by molar-refractivity contribution is -0.194. The third kappa shape index (κ3) is 5.07. The van der Waals surface area contributed by atoms with Crippen LogP contribution < -0.4 is 4.53 Å². The van der Waals surface area contributed by atoms with Gasteiger partial charge in [-0.05, 0) is 36.7 Å². The molecule has 0 aliphatic heterocycles. The fourth-order valence-electron chi connectivity index (χ4n) is 1.40. The largest absolute Gasteiger partial charge is 0.454 e. The van der Waals surface area contributed by atoms with Crippen molar-refractivity contribution >= 4 is 29.4 Å². The number of rotatable bonds is 6. The molecule has 0 aliphatic carbocycles. The van der Waals surface area contributed by atoms with Gasteiger partial charge in [0, 0.05) is 18.7 Å². The number of hydrogen-bond donors (Lipinski definition) is 0. The zero-order valence-electron chi connectivity index (χ0n) is 11.6. The summed E-state index contributed by atoms with van der Waals surface area (Å²) in [7, 11) is 0. The molecule has 0 saturated heterocycles. The highest BCUT2D eigenvalue weighted by Gasteiger charge is 2.18. The van der Waals surface area contributed by atoms with Crippen molar-refractivity contribution in [2.45, 2.75) is 20.8 Å². The molecule has 110 valence electrons. The van der Waals surface area contributed by atoms with Crippen LogP contribution in [0.5, 0.6) is 0 Å². The number of hydroxylamine groups is 1. The van der Waals surface area contributed by atoms with Crippen molar-refractivity contribution in [3.63, 3.8) is 0 Å². The Kier molecular flexibility index (Phi) is 6.27. The van der Waals surface area contributed by atoms with Crippen LogP contribution in [0.1, 0.15) is 19.4 Å². The Morgan fingerprint density at radius 1 is 1.35 bits per heavy atom. The molecule has 0 atom stereocenters. The Balaban J connectivity index is 2.65. The van der Waals surface area contributed by atoms with Crippen molar-refractivity contribution in [2.75, 3.05) is 17.7 Å². The van der Waals surface area contributed by atoms with E-state index in [0.29, 0.717) is 12.2 Å². The van der Waals surface area contributed by atoms with Crippen LogP contribution in [0.4, 0.5) is 5.69 Å². The number of esters is 1. The van der Waals surface area contributed by atoms with Crippen LogP contribution in [0.3, 0.4) is 0 Å². The Morgan fingerprint density at radius 2 is 2.05 bits per heavy atom. The van der Waals surface area contributed by atoms with E-state index in [1.165, 1.54) is 16.6 Å². The minimum Gasteiger partial charge on any atom is -0.454 e. The number of anilines is 1. The second-order valence-corrected chi connectivity index (χ2v) is 4.33. The molecule has 1 rings (SSSR count). The second-order valence-electron chi connectivity index (χ2n) is 4.01. The highest BCUT2D eigenvalue weighted by Crippen LogP contribution is 2.20. The van der Waals surface area contributed by atoms with E-state index >= 15 is 0 Å². The van der Waals surface area contributed by atoms with Gasteiger partial charge in [0.2, 0.25) is 0 Å². The van der Waals surface area contributed by atoms with Gasteiger partial charge in [0.25, 0.3) is 0 Å². The third-order valence-corrected chi connectivity index (χ3v) is 2.65. The number of benzene rings is 1. The van der Waals surface area contributed by atoms with Gasteiger partial charge in [-0.25, -0.2) is 4.79 Å². The van der Waals surface area contributed by atoms with E-state index in [2.05, 4.69) is 4.74 Å². The predicted molar refractivity (Wildman–Crippen MR) is 74.6 cm³/mol. The molecule has 0 saturated carbocycles. The first kappa shape index (κ1) is 16.3. The van der Waals surface area contributed by atoms with E-state index in [0.717, 1.165) is 5.56 Å². The maximum atomic E-state index is 11.5. The SMILES string of the molecule is CCN(OC(=O)COC(C)=O)N(Cl)c1cccc(C)c1. The zero-order chi connectivity index (χ0) is 15.1. The predicted octanol–water partition coefficient (Wildman–Crippen LogP) is 2.21. The van der Waals surface area contributed by atoms with Crippen LogP contribution in [0, 0.1) is 6.92 Å². The van der Waals surface area contributed by atoms with Crippen LogP contribution in [-0.4, -0.2) is 30.3 Å². The second kappa shape index (κ2) is 7.72. The smallest absolute Gasteiger partial charge is 0.364 e. The van der Waals surface area contributed by atoms with Gasteiger partial charge in [-0.2, -0.15) is 4.53 Å². The molecule has 0 N–H and O–H groups in total. The standard InChI is InChI=1S/C13H17ClN2O4/c1-4-15(20-13(18)9-19-11(3)17)16(14)12-7-5-6-10(2)8-12/h5-8H,4,9H2,1-3H3. The summed E-state index contributed by atoms with van der Waals surface area (Å²) in [5, 5.41) is 1.17. The van der Waals surface area contributed by atoms with Crippen molar-refractivity contribution < 1.29 is 19.2 Å². The van der Waals surface area contributed by atoms with Gasteiger partial charge >= 0.3 is 11.9 Å². The van der Waals surface area contributed by atoms with Gasteiger partial charge < -0.3 is 9.57 Å². The average molecular weight is 301 g/mol. The third-order valence-electron chi connectivity index (χ3n) is 2.28. The number of hydrazine groups is 1. The maximum absolute atomic E-state index is 11.5. The van der Waals surface area contributed by atoms with Gasteiger partial charge in [0.15, 0.2) is 6.61 Å². The van der Waals surface area contributed by atoms with Crippen molar-refractivity contribution in [1.29, 1.82) is 0 Å². The van der Waals surface area contributed by atoms with E-state index in [1.807, 2.05) is 25.1 Å². The van der Waals surface area contributed by atoms with Crippen LogP contribution in [0.25, 0.3) is 0 Å². The molecule has 0 unspecified atom stereocenters. The number of nitrogens with zero attached hydrogens (tertiary/aromatic N) is 2. The molecule has 0 heterocycles. The number of carbonyl (C=O) groups is 2. The quantitative estimate of drug-likeness (QED) is 0.456. The summed E-state index contributed by atoms with van der Waals surface area (Å²) in [6.07, 6.45) is 0. The van der Waals surface area contributed by atoms with Crippen molar-refractivity contribution in [2.24, 2.45) is 0 Å². The molecule has 0 radical (unpaired) electrons. The van der Waals surface area contributed by atoms with Gasteiger partial charge in [-0.1, -0.05) is 12.1 Å². The van der Waals surface area contributed by atoms with E-state index in [9.17, 15) is 9.59 Å². The molecule has 1 aromatic carbocycles. The lowest BCUT2D eigenvalue weighted by Gasteiger charge is -2.27. The summed E-state index contributed by atoms with van der Waals surface area (Å²) >= 11 is 6.13. The molecule has 0 fully saturated rings. The molecule has 0 aromatic heterocycles. The number of carbonyl (C=O) groups excluding carboxylic acids is 2. The molecule has 0 bridgehead atoms. The number of aryl methyl sites for hydroxylation is 1. The normalized spacial score (nSPS) is 10.2. The molecule has 6 nitrogen and oxygen atoms in total. The Hall–Kier alpha value is -1.79. The topological polar surface area (TPSA) is 59.1 Å². The van der Waals surface area contributed by atoms with E-state index in [1.54, 1.807) is 13.0 Å². The fraction of sp³-hybridized carbons (Fsp3) is 0.385. The first-order valence-electron chi connectivity index (χ1n) is 6.08. The first-order chi connectivity index (χ1) is 9.43. The summed E-state index contributed by atoms with van der Waals surface area (Å²) in [5.74, 6) is -1.26. The van der Waals surface area contributed by atoms with E-state index in [4.69, 9.17) is 16.6 Å². The number of halogens is 1. The van der Waals surface area contributed by atoms with E-state index < -0.39 is 18.5 Å². The minimum absolute atomic E-state index is 0.337. The van der Waals surface area contributed by atoms with Gasteiger partial charge in [0.1, 0.15) is 0 Å². The van der Waals surface area contributed by atoms with Crippen LogP contribution in [0.2, 0.25) is 0 Å². The summed E-state index contributed by atoms with van der Waals surface area (Å²) < 4.78 is 5.74. The maximum Gasteiger partial charge on any atom is 0.364 e. The van der Waals surface area contributed by atoms with Gasteiger partial charge in [-0.15, -0.1) is 0 Å². The average Bonchev–Trinajstić information content (AvgIpc) is 2.41. The summed E-state index contributed by atoms with van der Waals surface area (Å²) in [6, 6.07) is 7.39. The van der Waals surface area contributed by atoms with E-state index in [-0.39, 0.29) is 0 Å². The molecule has 20 heavy (non-hydrogen) atoms. The molecule has 1 aromatic rings. The molecule has 0 amide bonds. The first-order valence-corrected chi connectivity index (χ1v) is 6.42. The van der Waals surface area contributed by atoms with Crippen molar-refractivity contribution in [3.8, 4) is 0 Å². The molecule has 7 heteroatoms. The van der Waals surface area contributed by atoms with Crippen LogP contribution in [-0.2, 0) is 19.2 Å². The van der Waals surface area contributed by atoms with Gasteiger partial charge in [-0.3, -0.25) is 4.79 Å². The highest BCUT2D eigenvalue weighted by molar-refractivity contribution is 6.24. The van der Waals surface area contributed by atoms with Crippen LogP contribution >= 0.6 is 11.8 Å². The zero-order valence-corrected chi connectivity index (χ0v) is 12.4. The highest BCUT2D eigenvalue weighted by atomic mass is 35.5. The summed E-state index contributed by atoms with van der Waals surface area (Å²) in [4.78, 5) is 27.1. The Labute approximate surface area is 122 Å². The van der Waals surface area contributed by atoms with Gasteiger partial charge in [0.05, 0.1) is 12.2 Å². The van der Waals surface area contributed by atoms with Crippen molar-refractivity contribution in [3.05, 3.63) is 29.8 Å². The summed E-state index contributed by atoms with van der Waals surface area (Å²) in [6.45, 7) is 4.79. The molecule has 0 spiro atoms. The summed E-state index contributed by atoms with van der Waals surface area (Å²) in [5.41, 5.74) is 1.68. The lowest BCUT2D eigenvalue weighted by atomic mass is 10.2. The fourth-order valence-corrected chi connectivity index (χ4v) is 1.64. The molecule has 0 aliphatic rings. The number of ether oxygens (including phenoxy) is 1. The minimum atomic E-state index is -0.708. The molecular formula is C13H17ClN2O4. The van der Waals surface area contributed by atoms with Crippen LogP contribution in [0.15, 0.2) is 24.3 Å².